The number of fused-ring (bicyclic) bond motifs is 3. The molecule has 0 aliphatic rings. The summed E-state index contributed by atoms with van der Waals surface area (Å²) >= 11 is 4.96. The summed E-state index contributed by atoms with van der Waals surface area (Å²) in [5.41, 5.74) is 11.6. The van der Waals surface area contributed by atoms with E-state index in [1.54, 1.807) is 66.9 Å². The van der Waals surface area contributed by atoms with Gasteiger partial charge in [0.2, 0.25) is 0 Å². The van der Waals surface area contributed by atoms with Crippen molar-refractivity contribution >= 4 is 132 Å². The third-order valence-corrected chi connectivity index (χ3v) is 19.3. The van der Waals surface area contributed by atoms with Crippen molar-refractivity contribution < 1.29 is 25.3 Å². The van der Waals surface area contributed by atoms with Crippen molar-refractivity contribution in [2.24, 2.45) is 11.5 Å². The predicted octanol–water partition coefficient (Wildman–Crippen LogP) is 9.35. The highest BCUT2D eigenvalue weighted by Crippen LogP contribution is 2.43. The highest BCUT2D eigenvalue weighted by atomic mass is 32.3. The van der Waals surface area contributed by atoms with Gasteiger partial charge in [0.05, 0.1) is 44.2 Å². The van der Waals surface area contributed by atoms with Gasteiger partial charge in [0.15, 0.2) is 0 Å². The zero-order valence-corrected chi connectivity index (χ0v) is 37.9. The third-order valence-electron chi connectivity index (χ3n) is 9.23. The first-order chi connectivity index (χ1) is 29.0. The van der Waals surface area contributed by atoms with E-state index in [-0.39, 0.29) is 36.9 Å². The topological polar surface area (TPSA) is 217 Å². The molecule has 6 aromatic carbocycles. The Kier molecular flexibility index (Phi) is 12.5. The summed E-state index contributed by atoms with van der Waals surface area (Å²) in [6.07, 6.45) is 3.56. The molecule has 0 aliphatic carbocycles. The Labute approximate surface area is 369 Å². The molecule has 0 unspecified atom stereocenters. The summed E-state index contributed by atoms with van der Waals surface area (Å²) < 4.78 is 86.3. The van der Waals surface area contributed by atoms with Crippen LogP contribution in [0.2, 0.25) is 0 Å². The van der Waals surface area contributed by atoms with Gasteiger partial charge in [-0.05, 0) is 93.4 Å². The molecule has 61 heavy (non-hydrogen) atoms. The summed E-state index contributed by atoms with van der Waals surface area (Å²) in [4.78, 5) is 0.669. The van der Waals surface area contributed by atoms with Crippen molar-refractivity contribution in [2.75, 3.05) is 20.9 Å². The van der Waals surface area contributed by atoms with E-state index in [2.05, 4.69) is 4.72 Å². The quantitative estimate of drug-likeness (QED) is 0.0444. The predicted molar refractivity (Wildman–Crippen MR) is 254 cm³/mol. The average molecular weight is 945 g/mol. The number of anilines is 2. The molecule has 0 fully saturated rings. The van der Waals surface area contributed by atoms with Gasteiger partial charge in [0, 0.05) is 0 Å². The number of sulfonamides is 3. The van der Waals surface area contributed by atoms with Crippen LogP contribution in [0.5, 0.6) is 0 Å². The smallest absolute Gasteiger partial charge is 0.277 e. The molecule has 2 heterocycles. The van der Waals surface area contributed by atoms with Crippen LogP contribution in [0.15, 0.2) is 163 Å². The fourth-order valence-electron chi connectivity index (χ4n) is 6.27. The maximum Gasteiger partial charge on any atom is 0.277 e. The lowest BCUT2D eigenvalue weighted by Crippen LogP contribution is -2.37. The van der Waals surface area contributed by atoms with E-state index >= 15 is 0 Å². The summed E-state index contributed by atoms with van der Waals surface area (Å²) in [6.45, 7) is 0. The second-order valence-corrected chi connectivity index (χ2v) is 22.9. The Morgan fingerprint density at radius 1 is 0.525 bits per heavy atom. The minimum atomic E-state index is -4.62. The molecule has 0 spiro atoms. The molecule has 0 saturated heterocycles. The number of nitrogens with zero attached hydrogens (tertiary/aromatic N) is 1. The Bertz CT molecular complexity index is 3240. The van der Waals surface area contributed by atoms with Gasteiger partial charge in [-0.15, -0.1) is 46.2 Å². The van der Waals surface area contributed by atoms with Crippen LogP contribution >= 0.6 is 46.2 Å². The van der Waals surface area contributed by atoms with Gasteiger partial charge < -0.3 is 11.5 Å². The largest absolute Gasteiger partial charge is 0.383 e. The van der Waals surface area contributed by atoms with Gasteiger partial charge in [-0.1, -0.05) is 91.0 Å². The van der Waals surface area contributed by atoms with Gasteiger partial charge in [-0.3, -0.25) is 15.5 Å². The highest BCUT2D eigenvalue weighted by Gasteiger charge is 2.39. The molecule has 0 aliphatic heterocycles. The summed E-state index contributed by atoms with van der Waals surface area (Å²) in [6, 6.07) is 39.0. The van der Waals surface area contributed by atoms with Crippen LogP contribution in [0.3, 0.4) is 0 Å². The molecule has 0 saturated carbocycles. The number of thiophene rings is 2. The van der Waals surface area contributed by atoms with E-state index in [1.165, 1.54) is 65.2 Å². The fraction of sp³-hybridized carbons (Fsp3) is 0.0476. The van der Waals surface area contributed by atoms with Crippen LogP contribution in [-0.2, 0) is 30.1 Å². The number of nitrogens with one attached hydrogen (secondary N) is 3. The second kappa shape index (κ2) is 17.5. The van der Waals surface area contributed by atoms with Crippen LogP contribution in [0, 0.1) is 10.8 Å². The Morgan fingerprint density at radius 3 is 1.33 bits per heavy atom. The van der Waals surface area contributed by atoms with Crippen molar-refractivity contribution in [2.45, 2.75) is 23.1 Å². The molecule has 0 amide bonds. The van der Waals surface area contributed by atoms with E-state index < -0.39 is 30.1 Å². The van der Waals surface area contributed by atoms with E-state index in [0.717, 1.165) is 37.1 Å². The normalized spacial score (nSPS) is 11.9. The van der Waals surface area contributed by atoms with Gasteiger partial charge in [0.25, 0.3) is 30.1 Å². The zero-order valence-electron chi connectivity index (χ0n) is 32.2. The molecule has 8 aromatic rings. The van der Waals surface area contributed by atoms with Crippen LogP contribution in [0.4, 0.5) is 11.4 Å². The molecule has 0 radical (unpaired) electrons. The maximum absolute atomic E-state index is 14.2. The minimum Gasteiger partial charge on any atom is -0.383 e. The molecular weight excluding hydrogens is 909 g/mol. The first-order valence-corrected chi connectivity index (χ1v) is 26.3. The average Bonchev–Trinajstić information content (AvgIpc) is 3.87. The van der Waals surface area contributed by atoms with Gasteiger partial charge in [-0.25, -0.2) is 25.3 Å². The number of rotatable bonds is 12. The zero-order chi connectivity index (χ0) is 43.7. The van der Waals surface area contributed by atoms with Crippen molar-refractivity contribution in [1.29, 1.82) is 10.8 Å². The van der Waals surface area contributed by atoms with E-state index in [9.17, 15) is 25.3 Å². The molecule has 7 N–H and O–H groups in total. The number of thioether (sulfide) groups is 2. The lowest BCUT2D eigenvalue weighted by atomic mass is 10.1. The van der Waals surface area contributed by atoms with Gasteiger partial charge in [-0.2, -0.15) is 3.71 Å². The number of nitrogens with two attached hydrogens (primary N) is 2. The van der Waals surface area contributed by atoms with E-state index in [1.807, 2.05) is 54.8 Å². The van der Waals surface area contributed by atoms with Crippen molar-refractivity contribution in [1.82, 2.24) is 0 Å². The van der Waals surface area contributed by atoms with Crippen LogP contribution < -0.4 is 19.9 Å². The molecule has 0 bridgehead atoms. The molecule has 2 aromatic heterocycles. The first-order valence-electron chi connectivity index (χ1n) is 17.9. The third kappa shape index (κ3) is 8.99. The van der Waals surface area contributed by atoms with E-state index in [0.29, 0.717) is 29.3 Å². The number of nitrogen functional groups attached to an aromatic ring is 2. The number of benzene rings is 6. The number of hydrogen-bond donors (Lipinski definition) is 5. The first kappa shape index (κ1) is 43.7. The molecule has 0 atom stereocenters. The standard InChI is InChI=1S/C26H21N3O4S4.C16H15N3O2S3/c1-34-26-23(16-24(35-26)25(27)28)29(36(30,31)21-12-10-17-6-2-4-8-19(17)14-21)37(32,33)22-13-11-18-7-3-5-9-20(18)15-22;1-22-16-13(9-14(23-16)15(17)18)19-24(20,21)12-7-6-10-4-2-3-5-11(10)8-12/h2-16H,1H3,(H3,27,28);2-9,19H,1H3,(H3,17,18). The summed E-state index contributed by atoms with van der Waals surface area (Å²) in [5.74, 6) is -0.357. The van der Waals surface area contributed by atoms with Gasteiger partial charge in [0.1, 0.15) is 11.7 Å². The van der Waals surface area contributed by atoms with Crippen molar-refractivity contribution in [3.63, 3.8) is 0 Å². The van der Waals surface area contributed by atoms with E-state index in [4.69, 9.17) is 22.3 Å². The minimum absolute atomic E-state index is 0.0657. The Balaban J connectivity index is 0.000000202. The van der Waals surface area contributed by atoms with Crippen LogP contribution in [-0.4, -0.2) is 49.4 Å². The molecule has 12 nitrogen and oxygen atoms in total. The fourth-order valence-corrected chi connectivity index (χ4v) is 14.8. The van der Waals surface area contributed by atoms with Gasteiger partial charge >= 0.3 is 0 Å². The summed E-state index contributed by atoms with van der Waals surface area (Å²) in [5, 5.41) is 20.2. The number of hydrogen-bond acceptors (Lipinski definition) is 12. The monoisotopic (exact) mass is 944 g/mol. The lowest BCUT2D eigenvalue weighted by Gasteiger charge is -2.24. The number of amidine groups is 2. The molecule has 19 heteroatoms. The summed E-state index contributed by atoms with van der Waals surface area (Å²) in [7, 11) is -13.0. The molecule has 312 valence electrons. The molecule has 8 rings (SSSR count). The van der Waals surface area contributed by atoms with Crippen molar-refractivity contribution in [3.8, 4) is 0 Å². The van der Waals surface area contributed by atoms with Crippen LogP contribution in [0.25, 0.3) is 32.3 Å². The maximum atomic E-state index is 14.2. The second-order valence-electron chi connectivity index (χ2n) is 13.2. The lowest BCUT2D eigenvalue weighted by molar-refractivity contribution is 0.584. The van der Waals surface area contributed by atoms with Crippen molar-refractivity contribution in [3.05, 3.63) is 149 Å². The molecular formula is C42H36N6O6S7. The Hall–Kier alpha value is -5.41. The van der Waals surface area contributed by atoms with Crippen LogP contribution in [0.1, 0.15) is 9.75 Å². The highest BCUT2D eigenvalue weighted by molar-refractivity contribution is 8.10. The SMILES string of the molecule is CSc1sc(C(=N)N)cc1N(S(=O)(=O)c1ccc2ccccc2c1)S(=O)(=O)c1ccc2ccccc2c1.CSc1sc(C(=N)N)cc1NS(=O)(=O)c1ccc2ccccc2c1. The Morgan fingerprint density at radius 2 is 0.902 bits per heavy atom.